The van der Waals surface area contributed by atoms with E-state index in [2.05, 4.69) is 22.1 Å². The van der Waals surface area contributed by atoms with Gasteiger partial charge in [0.1, 0.15) is 5.78 Å². The van der Waals surface area contributed by atoms with E-state index in [0.717, 1.165) is 29.0 Å². The molecule has 0 aromatic carbocycles. The number of hydrogen-bond acceptors (Lipinski definition) is 5. The molecule has 2 heterocycles. The number of ether oxygens (including phenoxy) is 1. The molecule has 0 fully saturated rings. The molecule has 0 bridgehead atoms. The molecule has 1 aromatic heterocycles. The van der Waals surface area contributed by atoms with E-state index >= 15 is 0 Å². The summed E-state index contributed by atoms with van der Waals surface area (Å²) >= 11 is 0. The summed E-state index contributed by atoms with van der Waals surface area (Å²) in [4.78, 5) is 30.8. The Hall–Kier alpha value is -2.50. The number of rotatable bonds is 8. The summed E-state index contributed by atoms with van der Waals surface area (Å²) in [6.07, 6.45) is 5.36. The monoisotopic (exact) mass is 399 g/mol. The molecule has 0 radical (unpaired) electrons. The molecule has 6 heteroatoms. The Balaban J connectivity index is 2.76. The van der Waals surface area contributed by atoms with Crippen molar-refractivity contribution in [3.8, 4) is 0 Å². The number of allylic oxidation sites excluding steroid dienone is 3. The molecule has 0 amide bonds. The first kappa shape index (κ1) is 22.8. The predicted molar refractivity (Wildman–Crippen MR) is 116 cm³/mol. The van der Waals surface area contributed by atoms with Gasteiger partial charge in [0.05, 0.1) is 29.5 Å². The quantitative estimate of drug-likeness (QED) is 0.624. The van der Waals surface area contributed by atoms with Gasteiger partial charge in [0.15, 0.2) is 0 Å². The molecule has 1 N–H and O–H groups in total. The van der Waals surface area contributed by atoms with Gasteiger partial charge in [-0.05, 0) is 46.1 Å². The maximum absolute atomic E-state index is 13.1. The summed E-state index contributed by atoms with van der Waals surface area (Å²) in [6.45, 7) is 13.4. The molecular weight excluding hydrogens is 366 g/mol. The molecular formula is C23H33N3O3. The van der Waals surface area contributed by atoms with Crippen molar-refractivity contribution >= 4 is 23.0 Å². The molecule has 1 aromatic rings. The predicted octanol–water partition coefficient (Wildman–Crippen LogP) is 4.99. The van der Waals surface area contributed by atoms with E-state index in [1.54, 1.807) is 6.20 Å². The number of nitrogens with zero attached hydrogens (tertiary/aromatic N) is 2. The van der Waals surface area contributed by atoms with Gasteiger partial charge in [-0.3, -0.25) is 14.9 Å². The summed E-state index contributed by atoms with van der Waals surface area (Å²) in [5, 5.41) is 7.36. The van der Waals surface area contributed by atoms with E-state index in [0.29, 0.717) is 24.1 Å². The zero-order valence-electron chi connectivity index (χ0n) is 18.6. The summed E-state index contributed by atoms with van der Waals surface area (Å²) in [6, 6.07) is 0. The third-order valence-electron chi connectivity index (χ3n) is 5.38. The highest BCUT2D eigenvalue weighted by atomic mass is 16.5. The highest BCUT2D eigenvalue weighted by molar-refractivity contribution is 6.10. The molecule has 0 saturated heterocycles. The van der Waals surface area contributed by atoms with Crippen molar-refractivity contribution < 1.29 is 14.3 Å². The first-order valence-corrected chi connectivity index (χ1v) is 10.5. The Labute approximate surface area is 173 Å². The van der Waals surface area contributed by atoms with E-state index in [4.69, 9.17) is 4.74 Å². The van der Waals surface area contributed by atoms with Crippen LogP contribution in [0.2, 0.25) is 0 Å². The molecule has 1 aliphatic heterocycles. The van der Waals surface area contributed by atoms with Crippen LogP contribution in [0.25, 0.3) is 5.57 Å². The van der Waals surface area contributed by atoms with E-state index < -0.39 is 17.8 Å². The number of nitrogens with one attached hydrogen (secondary N) is 1. The number of H-pyrrole nitrogens is 1. The Bertz CT molecular complexity index is 858. The van der Waals surface area contributed by atoms with Crippen LogP contribution >= 0.6 is 0 Å². The first-order valence-electron chi connectivity index (χ1n) is 10.5. The second-order valence-electron chi connectivity index (χ2n) is 7.55. The normalized spacial score (nSPS) is 20.1. The van der Waals surface area contributed by atoms with Crippen LogP contribution in [0, 0.1) is 5.92 Å². The van der Waals surface area contributed by atoms with Gasteiger partial charge in [0.2, 0.25) is 0 Å². The van der Waals surface area contributed by atoms with Crippen LogP contribution in [-0.2, 0) is 14.3 Å². The van der Waals surface area contributed by atoms with Crippen LogP contribution in [0.5, 0.6) is 0 Å². The zero-order chi connectivity index (χ0) is 21.7. The lowest BCUT2D eigenvalue weighted by molar-refractivity contribution is -0.143. The number of ketones is 1. The first-order chi connectivity index (χ1) is 13.8. The molecule has 2 atom stereocenters. The van der Waals surface area contributed by atoms with Crippen molar-refractivity contribution in [2.75, 3.05) is 0 Å². The van der Waals surface area contributed by atoms with Gasteiger partial charge >= 0.3 is 5.97 Å². The second-order valence-corrected chi connectivity index (χ2v) is 7.55. The van der Waals surface area contributed by atoms with Crippen LogP contribution in [-0.4, -0.2) is 33.8 Å². The maximum atomic E-state index is 13.1. The van der Waals surface area contributed by atoms with Crippen molar-refractivity contribution in [1.82, 2.24) is 10.2 Å². The van der Waals surface area contributed by atoms with Gasteiger partial charge < -0.3 is 4.74 Å². The Morgan fingerprint density at radius 2 is 1.93 bits per heavy atom. The highest BCUT2D eigenvalue weighted by Crippen LogP contribution is 2.43. The van der Waals surface area contributed by atoms with Crippen molar-refractivity contribution in [2.24, 2.45) is 10.9 Å². The number of carbonyl (C=O) groups is 2. The Morgan fingerprint density at radius 1 is 1.24 bits per heavy atom. The maximum Gasteiger partial charge on any atom is 0.336 e. The number of Topliss-reactive ketones (excluding diaryl/α,β-unsaturated/α-hetero) is 1. The molecule has 158 valence electrons. The number of carbonyl (C=O) groups excluding carboxylic acids is 2. The van der Waals surface area contributed by atoms with E-state index in [9.17, 15) is 9.59 Å². The summed E-state index contributed by atoms with van der Waals surface area (Å²) in [5.74, 6) is -1.30. The average molecular weight is 400 g/mol. The lowest BCUT2D eigenvalue weighted by Crippen LogP contribution is -2.36. The number of aromatic nitrogens is 2. The van der Waals surface area contributed by atoms with Crippen molar-refractivity contribution in [2.45, 2.75) is 79.8 Å². The topological polar surface area (TPSA) is 84.4 Å². The van der Waals surface area contributed by atoms with E-state index in [1.807, 2.05) is 47.6 Å². The standard InChI is InChI=1S/C23H33N3O3/c1-8-15(9-2)22-16(12-24-26-22)20-19(23(28)29-13(5)6)14(7)25-17(10-3)21(20)18(27)11-4/h8,12-13,20-21H,9-11H2,1-7H3,(H,24,26)/b15-8+. The molecule has 0 aliphatic carbocycles. The number of aromatic amines is 1. The fourth-order valence-corrected chi connectivity index (χ4v) is 4.02. The number of aliphatic imine (C=N–C) groups is 1. The summed E-state index contributed by atoms with van der Waals surface area (Å²) in [7, 11) is 0. The minimum Gasteiger partial charge on any atom is -0.460 e. The van der Waals surface area contributed by atoms with Crippen molar-refractivity contribution in [3.63, 3.8) is 0 Å². The number of esters is 1. The largest absolute Gasteiger partial charge is 0.460 e. The van der Waals surface area contributed by atoms with Crippen molar-refractivity contribution in [3.05, 3.63) is 34.8 Å². The smallest absolute Gasteiger partial charge is 0.336 e. The SMILES string of the molecule is C/C=C(\CC)c1[nH]ncc1C1C(C(=O)OC(C)C)=C(C)N=C(CC)C1C(=O)CC. The Morgan fingerprint density at radius 3 is 2.45 bits per heavy atom. The van der Waals surface area contributed by atoms with Crippen LogP contribution in [0.15, 0.2) is 28.5 Å². The number of hydrogen-bond donors (Lipinski definition) is 1. The van der Waals surface area contributed by atoms with Crippen LogP contribution < -0.4 is 0 Å². The third kappa shape index (κ3) is 4.57. The van der Waals surface area contributed by atoms with Gasteiger partial charge in [-0.15, -0.1) is 0 Å². The van der Waals surface area contributed by atoms with E-state index in [-0.39, 0.29) is 11.9 Å². The molecule has 1 aliphatic rings. The molecule has 0 spiro atoms. The third-order valence-corrected chi connectivity index (χ3v) is 5.38. The molecule has 29 heavy (non-hydrogen) atoms. The molecule has 2 unspecified atom stereocenters. The summed E-state index contributed by atoms with van der Waals surface area (Å²) in [5.41, 5.74) is 4.69. The van der Waals surface area contributed by atoms with E-state index in [1.165, 1.54) is 0 Å². The van der Waals surface area contributed by atoms with Gasteiger partial charge in [-0.25, -0.2) is 4.79 Å². The van der Waals surface area contributed by atoms with Crippen LogP contribution in [0.3, 0.4) is 0 Å². The minimum absolute atomic E-state index is 0.0728. The average Bonchev–Trinajstić information content (AvgIpc) is 3.15. The van der Waals surface area contributed by atoms with Gasteiger partial charge in [-0.2, -0.15) is 5.10 Å². The molecule has 6 nitrogen and oxygen atoms in total. The zero-order valence-corrected chi connectivity index (χ0v) is 18.6. The van der Waals surface area contributed by atoms with Gasteiger partial charge in [0.25, 0.3) is 0 Å². The molecule has 2 rings (SSSR count). The fourth-order valence-electron chi connectivity index (χ4n) is 4.02. The highest BCUT2D eigenvalue weighted by Gasteiger charge is 2.43. The fraction of sp³-hybridized carbons (Fsp3) is 0.565. The minimum atomic E-state index is -0.491. The Kier molecular flexibility index (Phi) is 7.71. The van der Waals surface area contributed by atoms with Gasteiger partial charge in [0, 0.05) is 29.3 Å². The molecule has 0 saturated carbocycles. The lowest BCUT2D eigenvalue weighted by atomic mass is 9.72. The van der Waals surface area contributed by atoms with Crippen LogP contribution in [0.1, 0.15) is 84.9 Å². The van der Waals surface area contributed by atoms with Crippen molar-refractivity contribution in [1.29, 1.82) is 0 Å². The van der Waals surface area contributed by atoms with Gasteiger partial charge in [-0.1, -0.05) is 26.8 Å². The lowest BCUT2D eigenvalue weighted by Gasteiger charge is -2.33. The second kappa shape index (κ2) is 9.81. The summed E-state index contributed by atoms with van der Waals surface area (Å²) < 4.78 is 5.55. The van der Waals surface area contributed by atoms with Crippen LogP contribution in [0.4, 0.5) is 0 Å².